The molecule has 0 radical (unpaired) electrons. The van der Waals surface area contributed by atoms with Crippen LogP contribution in [0.2, 0.25) is 0 Å². The van der Waals surface area contributed by atoms with Crippen LogP contribution < -0.4 is 11.1 Å². The third-order valence-electron chi connectivity index (χ3n) is 1.47. The van der Waals surface area contributed by atoms with Crippen molar-refractivity contribution in [3.63, 3.8) is 0 Å². The molecule has 0 amide bonds. The molecule has 2 rings (SSSR count). The number of aromatic amines is 2. The van der Waals surface area contributed by atoms with Crippen LogP contribution in [0, 0.1) is 26.6 Å². The van der Waals surface area contributed by atoms with Gasteiger partial charge in [0.25, 0.3) is 0 Å². The van der Waals surface area contributed by atoms with Crippen molar-refractivity contribution >= 4 is 31.9 Å². The molecule has 0 bridgehead atoms. The zero-order valence-corrected chi connectivity index (χ0v) is 20.5. The van der Waals surface area contributed by atoms with Gasteiger partial charge in [-0.3, -0.25) is 9.59 Å². The first-order valence-electron chi connectivity index (χ1n) is 5.54. The van der Waals surface area contributed by atoms with E-state index in [0.29, 0.717) is 9.21 Å². The summed E-state index contributed by atoms with van der Waals surface area (Å²) in [6.07, 6.45) is 0. The Labute approximate surface area is 203 Å². The molecule has 2 aromatic heterocycles. The molecule has 0 fully saturated rings. The number of aromatic nitrogens is 2. The van der Waals surface area contributed by atoms with Gasteiger partial charge in [0.05, 0.1) is 9.21 Å². The van der Waals surface area contributed by atoms with Crippen LogP contribution >= 0.6 is 31.9 Å². The Hall–Kier alpha value is -0.973. The zero-order valence-electron chi connectivity index (χ0n) is 13.8. The average Bonchev–Trinajstić information content (AvgIpc) is 2.70. The van der Waals surface area contributed by atoms with Crippen molar-refractivity contribution in [3.8, 4) is 0 Å². The average molecular weight is 694 g/mol. The zero-order chi connectivity index (χ0) is 22.0. The van der Waals surface area contributed by atoms with Crippen molar-refractivity contribution < 1.29 is 62.7 Å². The predicted octanol–water partition coefficient (Wildman–Crippen LogP) is 1.73. The van der Waals surface area contributed by atoms with Crippen molar-refractivity contribution in [1.29, 1.82) is 0 Å². The summed E-state index contributed by atoms with van der Waals surface area (Å²) < 4.78 is 31.4. The first-order valence-corrected chi connectivity index (χ1v) is 7.12. The van der Waals surface area contributed by atoms with Gasteiger partial charge < -0.3 is 15.1 Å². The molecule has 0 spiro atoms. The maximum absolute atomic E-state index is 10.4. The molecule has 154 valence electrons. The molecule has 0 unspecified atom stereocenters. The van der Waals surface area contributed by atoms with Crippen LogP contribution in [0.15, 0.2) is 55.2 Å². The van der Waals surface area contributed by atoms with Gasteiger partial charge in [-0.25, -0.2) is 0 Å². The van der Waals surface area contributed by atoms with Crippen LogP contribution in [0.1, 0.15) is 0 Å². The Kier molecular flexibility index (Phi) is 73.4. The third-order valence-corrected chi connectivity index (χ3v) is 2.39. The Balaban J connectivity index is -0.0000000417. The van der Waals surface area contributed by atoms with Crippen molar-refractivity contribution in [3.05, 3.63) is 92.9 Å². The van der Waals surface area contributed by atoms with E-state index in [2.05, 4.69) is 68.4 Å². The number of H-pyrrole nitrogens is 2. The van der Waals surface area contributed by atoms with E-state index < -0.39 is 0 Å². The fraction of sp³-hybridized carbons (Fsp3) is 0.0667. The standard InChI is InChI=1S/2C5H4BrNO.CH4O.4CO.2Ru/c2*6-4-2-1-3-5(8)7-4;5*1-2;;/h2*1-3H,(H,7,8);2H,1H3;;;;;;. The summed E-state index contributed by atoms with van der Waals surface area (Å²) in [5.41, 5.74) is -0.168. The van der Waals surface area contributed by atoms with Crippen molar-refractivity contribution in [2.24, 2.45) is 0 Å². The summed E-state index contributed by atoms with van der Waals surface area (Å²) >= 11 is 6.21. The van der Waals surface area contributed by atoms with E-state index in [9.17, 15) is 9.59 Å². The number of hydrogen-bond acceptors (Lipinski definition) is 3. The number of rotatable bonds is 0. The van der Waals surface area contributed by atoms with E-state index in [4.69, 9.17) is 23.7 Å². The van der Waals surface area contributed by atoms with Crippen LogP contribution in [0.3, 0.4) is 0 Å². The fourth-order valence-electron chi connectivity index (χ4n) is 0.842. The second-order valence-electron chi connectivity index (χ2n) is 2.73. The van der Waals surface area contributed by atoms with Crippen LogP contribution in [-0.2, 0) is 57.6 Å². The monoisotopic (exact) mass is 694 g/mol. The van der Waals surface area contributed by atoms with Gasteiger partial charge >= 0.3 is 45.2 Å². The summed E-state index contributed by atoms with van der Waals surface area (Å²) in [7, 11) is 1.00. The van der Waals surface area contributed by atoms with Gasteiger partial charge in [0.2, 0.25) is 11.1 Å². The number of pyridine rings is 2. The Morgan fingerprint density at radius 1 is 0.679 bits per heavy atom. The van der Waals surface area contributed by atoms with Crippen molar-refractivity contribution in [2.75, 3.05) is 7.11 Å². The van der Waals surface area contributed by atoms with Crippen LogP contribution in [-0.4, -0.2) is 22.2 Å². The molecule has 2 aromatic rings. The minimum absolute atomic E-state index is 0. The predicted molar refractivity (Wildman–Crippen MR) is 93.4 cm³/mol. The maximum Gasteiger partial charge on any atom is 0 e. The molecule has 0 aromatic carbocycles. The summed E-state index contributed by atoms with van der Waals surface area (Å²) in [6.45, 7) is 18.0. The quantitative estimate of drug-likeness (QED) is 0.166. The summed E-state index contributed by atoms with van der Waals surface area (Å²) in [4.78, 5) is 25.9. The van der Waals surface area contributed by atoms with Gasteiger partial charge in [0.15, 0.2) is 0 Å². The van der Waals surface area contributed by atoms with Gasteiger partial charge in [-0.15, -0.1) is 0 Å². The summed E-state index contributed by atoms with van der Waals surface area (Å²) in [5, 5.41) is 7.00. The second kappa shape index (κ2) is 45.0. The molecule has 0 atom stereocenters. The third kappa shape index (κ3) is 39.9. The second-order valence-corrected chi connectivity index (χ2v) is 4.43. The van der Waals surface area contributed by atoms with Crippen LogP contribution in [0.25, 0.3) is 0 Å². The van der Waals surface area contributed by atoms with Gasteiger partial charge in [-0.1, -0.05) is 12.1 Å². The van der Waals surface area contributed by atoms with E-state index in [1.54, 1.807) is 24.3 Å². The molecule has 0 aliphatic heterocycles. The molecule has 0 saturated carbocycles. The number of nitrogens with one attached hydrogen (secondary N) is 2. The van der Waals surface area contributed by atoms with E-state index in [0.717, 1.165) is 7.11 Å². The molecule has 0 saturated heterocycles. The molecule has 9 nitrogen and oxygen atoms in total. The number of halogens is 2. The smallest absolute Gasteiger partial charge is 0 e. The molecule has 13 heteroatoms. The number of hydrogen-bond donors (Lipinski definition) is 3. The van der Waals surface area contributed by atoms with Gasteiger partial charge in [0, 0.05) is 58.2 Å². The SMILES string of the molecule is CO.O=c1cccc(Br)[nH]1.O=c1cccc(Br)[nH]1.[C-]#[O+].[C-]#[O+].[C-]#[O+].[C-]#[O+].[Ru].[Ru]. The van der Waals surface area contributed by atoms with Gasteiger partial charge in [-0.2, -0.15) is 0 Å². The number of aliphatic hydroxyl groups is 1. The van der Waals surface area contributed by atoms with Crippen LogP contribution in [0.5, 0.6) is 0 Å². The first-order chi connectivity index (χ1) is 12.6. The summed E-state index contributed by atoms with van der Waals surface area (Å²) in [6, 6.07) is 9.82. The molecule has 28 heavy (non-hydrogen) atoms. The minimum atomic E-state index is -0.0839. The van der Waals surface area contributed by atoms with Crippen molar-refractivity contribution in [2.45, 2.75) is 0 Å². The summed E-state index contributed by atoms with van der Waals surface area (Å²) in [5.74, 6) is 0. The van der Waals surface area contributed by atoms with E-state index >= 15 is 0 Å². The normalized spacial score (nSPS) is 5.71. The van der Waals surface area contributed by atoms with E-state index in [1.165, 1.54) is 12.1 Å². The first kappa shape index (κ1) is 45.6. The Morgan fingerprint density at radius 2 is 0.893 bits per heavy atom. The molecule has 0 aliphatic carbocycles. The molecular formula is C15H12Br2N2O7Ru2. The maximum atomic E-state index is 10.4. The van der Waals surface area contributed by atoms with Gasteiger partial charge in [0.1, 0.15) is 0 Å². The molecular weight excluding hydrogens is 682 g/mol. The number of aliphatic hydroxyl groups excluding tert-OH is 1. The van der Waals surface area contributed by atoms with Gasteiger partial charge in [-0.05, 0) is 44.0 Å². The van der Waals surface area contributed by atoms with Crippen LogP contribution in [0.4, 0.5) is 0 Å². The molecule has 0 aliphatic rings. The minimum Gasteiger partial charge on any atom is 0 e. The Bertz CT molecular complexity index is 669. The molecule has 2 heterocycles. The van der Waals surface area contributed by atoms with Crippen molar-refractivity contribution in [1.82, 2.24) is 9.97 Å². The Morgan fingerprint density at radius 3 is 1.00 bits per heavy atom. The van der Waals surface area contributed by atoms with E-state index in [1.807, 2.05) is 0 Å². The fourth-order valence-corrected chi connectivity index (χ4v) is 1.54. The topological polar surface area (TPSA) is 166 Å². The molecule has 3 N–H and O–H groups in total. The largest absolute Gasteiger partial charge is 0 e. The van der Waals surface area contributed by atoms with E-state index in [-0.39, 0.29) is 50.1 Å².